The predicted molar refractivity (Wildman–Crippen MR) is 72.7 cm³/mol. The number of aromatic nitrogens is 1. The molecule has 15 heavy (non-hydrogen) atoms. The van der Waals surface area contributed by atoms with E-state index in [0.29, 0.717) is 0 Å². The molecule has 1 heterocycles. The summed E-state index contributed by atoms with van der Waals surface area (Å²) in [7, 11) is 0. The highest BCUT2D eigenvalue weighted by Crippen LogP contribution is 2.21. The molecule has 0 amide bonds. The zero-order chi connectivity index (χ0) is 10.7. The summed E-state index contributed by atoms with van der Waals surface area (Å²) in [6, 6.07) is 6.04. The van der Waals surface area contributed by atoms with E-state index < -0.39 is 0 Å². The molecule has 1 aromatic carbocycles. The van der Waals surface area contributed by atoms with Crippen LogP contribution < -0.4 is 0 Å². The molecule has 74 valence electrons. The van der Waals surface area contributed by atoms with Crippen molar-refractivity contribution in [3.63, 3.8) is 0 Å². The molecule has 0 aliphatic heterocycles. The van der Waals surface area contributed by atoms with E-state index in [1.807, 2.05) is 22.3 Å². The van der Waals surface area contributed by atoms with Gasteiger partial charge in [-0.2, -0.15) is 0 Å². The minimum absolute atomic E-state index is 0.925. The van der Waals surface area contributed by atoms with Crippen molar-refractivity contribution < 1.29 is 0 Å². The molecule has 0 bridgehead atoms. The fraction of sp³-hybridized carbons (Fsp3) is 0. The van der Waals surface area contributed by atoms with Gasteiger partial charge >= 0.3 is 0 Å². The average molecular weight is 308 g/mol. The number of halogens is 1. The average Bonchev–Trinajstić information content (AvgIpc) is 2.29. The zero-order valence-electron chi connectivity index (χ0n) is 7.94. The van der Waals surface area contributed by atoms with Crippen LogP contribution in [0.2, 0.25) is 0 Å². The molecule has 0 saturated carbocycles. The second-order valence-electron chi connectivity index (χ2n) is 3.10. The van der Waals surface area contributed by atoms with Crippen LogP contribution in [0.1, 0.15) is 11.1 Å². The molecule has 3 heteroatoms. The standard InChI is InChI=1S/C12H9IN2/c13-5-3-9-1-2-10-4-6-15-8-12(10)11(9)7-14/h1-8,14H/b5-3-,14-7?. The maximum Gasteiger partial charge on any atom is 0.0353 e. The molecule has 2 rings (SSSR count). The largest absolute Gasteiger partial charge is 0.308 e. The van der Waals surface area contributed by atoms with Crippen molar-refractivity contribution in [3.05, 3.63) is 45.8 Å². The van der Waals surface area contributed by atoms with E-state index in [0.717, 1.165) is 21.9 Å². The molecule has 0 aliphatic carbocycles. The van der Waals surface area contributed by atoms with Crippen LogP contribution in [0, 0.1) is 5.41 Å². The molecule has 0 radical (unpaired) electrons. The molecule has 0 spiro atoms. The minimum atomic E-state index is 0.925. The van der Waals surface area contributed by atoms with Gasteiger partial charge in [0.05, 0.1) is 0 Å². The van der Waals surface area contributed by atoms with Crippen LogP contribution in [-0.4, -0.2) is 11.2 Å². The second kappa shape index (κ2) is 4.53. The number of rotatable bonds is 2. The van der Waals surface area contributed by atoms with Gasteiger partial charge in [0.15, 0.2) is 0 Å². The third-order valence-electron chi connectivity index (χ3n) is 2.29. The lowest BCUT2D eigenvalue weighted by Gasteiger charge is -2.04. The SMILES string of the molecule is N=Cc1c(/C=C\I)ccc2ccncc12. The zero-order valence-corrected chi connectivity index (χ0v) is 10.1. The monoisotopic (exact) mass is 308 g/mol. The topological polar surface area (TPSA) is 36.7 Å². The molecule has 0 unspecified atom stereocenters. The third kappa shape index (κ3) is 1.92. The minimum Gasteiger partial charge on any atom is -0.308 e. The fourth-order valence-electron chi connectivity index (χ4n) is 1.57. The van der Waals surface area contributed by atoms with Crippen molar-refractivity contribution in [2.75, 3.05) is 0 Å². The van der Waals surface area contributed by atoms with Crippen molar-refractivity contribution in [2.45, 2.75) is 0 Å². The van der Waals surface area contributed by atoms with Gasteiger partial charge in [-0.3, -0.25) is 4.98 Å². The molecule has 0 saturated heterocycles. The Balaban J connectivity index is 2.81. The van der Waals surface area contributed by atoms with Crippen LogP contribution in [0.3, 0.4) is 0 Å². The first-order chi connectivity index (χ1) is 7.36. The summed E-state index contributed by atoms with van der Waals surface area (Å²) in [5, 5.41) is 9.60. The Labute approximate surface area is 102 Å². The van der Waals surface area contributed by atoms with Crippen molar-refractivity contribution in [2.24, 2.45) is 0 Å². The van der Waals surface area contributed by atoms with Crippen molar-refractivity contribution in [3.8, 4) is 0 Å². The van der Waals surface area contributed by atoms with E-state index in [2.05, 4.69) is 33.6 Å². The second-order valence-corrected chi connectivity index (χ2v) is 3.82. The molecule has 0 fully saturated rings. The predicted octanol–water partition coefficient (Wildman–Crippen LogP) is 3.64. The Kier molecular flexibility index (Phi) is 3.11. The van der Waals surface area contributed by atoms with Crippen molar-refractivity contribution >= 4 is 45.7 Å². The van der Waals surface area contributed by atoms with Gasteiger partial charge in [-0.25, -0.2) is 0 Å². The quantitative estimate of drug-likeness (QED) is 0.667. The summed E-state index contributed by atoms with van der Waals surface area (Å²) >= 11 is 2.18. The first-order valence-electron chi connectivity index (χ1n) is 4.51. The van der Waals surface area contributed by atoms with E-state index in [1.165, 1.54) is 6.21 Å². The number of fused-ring (bicyclic) bond motifs is 1. The number of nitrogens with one attached hydrogen (secondary N) is 1. The van der Waals surface area contributed by atoms with Crippen LogP contribution in [0.5, 0.6) is 0 Å². The Morgan fingerprint density at radius 2 is 2.13 bits per heavy atom. The molecule has 1 aromatic heterocycles. The Morgan fingerprint density at radius 3 is 2.87 bits per heavy atom. The summed E-state index contributed by atoms with van der Waals surface area (Å²) in [5.41, 5.74) is 1.98. The highest BCUT2D eigenvalue weighted by molar-refractivity contribution is 14.1. The number of benzene rings is 1. The summed E-state index contributed by atoms with van der Waals surface area (Å²) in [6.07, 6.45) is 6.95. The van der Waals surface area contributed by atoms with Gasteiger partial charge in [0.2, 0.25) is 0 Å². The first-order valence-corrected chi connectivity index (χ1v) is 5.75. The lowest BCUT2D eigenvalue weighted by Crippen LogP contribution is -1.89. The molecule has 2 nitrogen and oxygen atoms in total. The maximum absolute atomic E-state index is 7.46. The van der Waals surface area contributed by atoms with Crippen molar-refractivity contribution in [1.29, 1.82) is 5.41 Å². The Morgan fingerprint density at radius 1 is 1.27 bits per heavy atom. The highest BCUT2D eigenvalue weighted by Gasteiger charge is 2.02. The number of hydrogen-bond donors (Lipinski definition) is 1. The lowest BCUT2D eigenvalue weighted by molar-refractivity contribution is 1.36. The maximum atomic E-state index is 7.46. The van der Waals surface area contributed by atoms with Crippen LogP contribution >= 0.6 is 22.6 Å². The van der Waals surface area contributed by atoms with Crippen LogP contribution in [0.4, 0.5) is 0 Å². The Bertz CT molecular complexity index is 532. The molecule has 2 aromatic rings. The highest BCUT2D eigenvalue weighted by atomic mass is 127. The van der Waals surface area contributed by atoms with Gasteiger partial charge < -0.3 is 5.41 Å². The summed E-state index contributed by atoms with van der Waals surface area (Å²) < 4.78 is 1.95. The van der Waals surface area contributed by atoms with E-state index >= 15 is 0 Å². The van der Waals surface area contributed by atoms with Gasteiger partial charge in [-0.15, -0.1) is 0 Å². The van der Waals surface area contributed by atoms with Crippen molar-refractivity contribution in [1.82, 2.24) is 4.98 Å². The summed E-state index contributed by atoms with van der Waals surface area (Å²) in [6.45, 7) is 0. The van der Waals surface area contributed by atoms with Gasteiger partial charge in [-0.1, -0.05) is 34.7 Å². The van der Waals surface area contributed by atoms with Gasteiger partial charge in [0, 0.05) is 29.6 Å². The van der Waals surface area contributed by atoms with Gasteiger partial charge in [-0.05, 0) is 27.2 Å². The van der Waals surface area contributed by atoms with Crippen LogP contribution in [0.25, 0.3) is 16.8 Å². The normalized spacial score (nSPS) is 11.0. The van der Waals surface area contributed by atoms with Crippen LogP contribution in [0.15, 0.2) is 34.7 Å². The summed E-state index contributed by atoms with van der Waals surface area (Å²) in [5.74, 6) is 0. The van der Waals surface area contributed by atoms with Crippen LogP contribution in [-0.2, 0) is 0 Å². The van der Waals surface area contributed by atoms with E-state index in [9.17, 15) is 0 Å². The fourth-order valence-corrected chi connectivity index (χ4v) is 1.96. The Hall–Kier alpha value is -1.23. The lowest BCUT2D eigenvalue weighted by atomic mass is 10.0. The molecular weight excluding hydrogens is 299 g/mol. The van der Waals surface area contributed by atoms with Gasteiger partial charge in [0.25, 0.3) is 0 Å². The number of hydrogen-bond acceptors (Lipinski definition) is 2. The van der Waals surface area contributed by atoms with E-state index in [1.54, 1.807) is 12.4 Å². The smallest absolute Gasteiger partial charge is 0.0353 e. The van der Waals surface area contributed by atoms with Gasteiger partial charge in [0.1, 0.15) is 0 Å². The first kappa shape index (κ1) is 10.3. The molecule has 0 atom stereocenters. The van der Waals surface area contributed by atoms with E-state index in [-0.39, 0.29) is 0 Å². The molecular formula is C12H9IN2. The third-order valence-corrected chi connectivity index (χ3v) is 2.64. The molecule has 0 aliphatic rings. The molecule has 1 N–H and O–H groups in total. The van der Waals surface area contributed by atoms with E-state index in [4.69, 9.17) is 5.41 Å². The number of nitrogens with zero attached hydrogens (tertiary/aromatic N) is 1. The summed E-state index contributed by atoms with van der Waals surface area (Å²) in [4.78, 5) is 4.09. The number of pyridine rings is 1.